The Morgan fingerprint density at radius 3 is 2.65 bits per heavy atom. The monoisotopic (exact) mass is 297 g/mol. The molecule has 0 heterocycles. The van der Waals surface area contributed by atoms with Crippen molar-refractivity contribution in [2.45, 2.75) is 50.5 Å². The van der Waals surface area contributed by atoms with Crippen LogP contribution in [0.25, 0.3) is 0 Å². The van der Waals surface area contributed by atoms with Gasteiger partial charge in [0.15, 0.2) is 0 Å². The van der Waals surface area contributed by atoms with Crippen LogP contribution in [-0.2, 0) is 11.2 Å². The number of Topliss-reactive ketones (excluding diaryl/α,β-unsaturated/α-hetero) is 1. The van der Waals surface area contributed by atoms with Crippen LogP contribution in [0.4, 0.5) is 4.39 Å². The van der Waals surface area contributed by atoms with Gasteiger partial charge in [0.25, 0.3) is 0 Å². The minimum Gasteiger partial charge on any atom is -0.314 e. The Bertz CT molecular complexity index is 463. The van der Waals surface area contributed by atoms with Crippen LogP contribution in [0.3, 0.4) is 0 Å². The maximum atomic E-state index is 13.7. The molecule has 1 fully saturated rings. The molecule has 20 heavy (non-hydrogen) atoms. The van der Waals surface area contributed by atoms with Crippen LogP contribution >= 0.6 is 11.6 Å². The Kier molecular flexibility index (Phi) is 5.17. The lowest BCUT2D eigenvalue weighted by atomic mass is 9.77. The summed E-state index contributed by atoms with van der Waals surface area (Å²) in [4.78, 5) is 12.3. The lowest BCUT2D eigenvalue weighted by Crippen LogP contribution is -2.46. The first-order chi connectivity index (χ1) is 9.56. The third kappa shape index (κ3) is 3.58. The summed E-state index contributed by atoms with van der Waals surface area (Å²) >= 11 is 5.98. The first-order valence-corrected chi connectivity index (χ1v) is 7.58. The molecule has 110 valence electrons. The van der Waals surface area contributed by atoms with Crippen molar-refractivity contribution in [1.29, 1.82) is 0 Å². The molecule has 0 unspecified atom stereocenters. The van der Waals surface area contributed by atoms with E-state index in [-0.39, 0.29) is 17.7 Å². The van der Waals surface area contributed by atoms with Crippen molar-refractivity contribution >= 4 is 17.4 Å². The molecule has 1 aromatic carbocycles. The smallest absolute Gasteiger partial charge is 0.139 e. The van der Waals surface area contributed by atoms with Gasteiger partial charge in [-0.05, 0) is 32.0 Å². The molecule has 1 N–H and O–H groups in total. The van der Waals surface area contributed by atoms with Gasteiger partial charge in [-0.3, -0.25) is 4.79 Å². The third-order valence-electron chi connectivity index (χ3n) is 4.31. The van der Waals surface area contributed by atoms with E-state index in [9.17, 15) is 9.18 Å². The van der Waals surface area contributed by atoms with Gasteiger partial charge in [-0.25, -0.2) is 4.39 Å². The Labute approximate surface area is 124 Å². The van der Waals surface area contributed by atoms with Crippen LogP contribution in [-0.4, -0.2) is 18.4 Å². The normalized spacial score (nSPS) is 17.9. The number of halogens is 2. The molecule has 0 spiro atoms. The lowest BCUT2D eigenvalue weighted by molar-refractivity contribution is -0.120. The molecule has 1 saturated carbocycles. The topological polar surface area (TPSA) is 29.1 Å². The average molecular weight is 298 g/mol. The number of carbonyl (C=O) groups is 1. The van der Waals surface area contributed by atoms with Gasteiger partial charge in [0.2, 0.25) is 0 Å². The maximum Gasteiger partial charge on any atom is 0.139 e. The van der Waals surface area contributed by atoms with Crippen LogP contribution in [0.2, 0.25) is 5.02 Å². The SMILES string of the molecule is CNC1(CC(=O)Cc2c(F)cccc2Cl)CCCCC1. The van der Waals surface area contributed by atoms with E-state index >= 15 is 0 Å². The predicted octanol–water partition coefficient (Wildman–Crippen LogP) is 3.90. The number of rotatable bonds is 5. The summed E-state index contributed by atoms with van der Waals surface area (Å²) in [5.41, 5.74) is 0.216. The lowest BCUT2D eigenvalue weighted by Gasteiger charge is -2.36. The number of hydrogen-bond donors (Lipinski definition) is 1. The summed E-state index contributed by atoms with van der Waals surface area (Å²) < 4.78 is 13.7. The largest absolute Gasteiger partial charge is 0.314 e. The van der Waals surface area contributed by atoms with Crippen molar-refractivity contribution < 1.29 is 9.18 Å². The van der Waals surface area contributed by atoms with Crippen molar-refractivity contribution in [3.63, 3.8) is 0 Å². The van der Waals surface area contributed by atoms with Crippen LogP contribution < -0.4 is 5.32 Å². The third-order valence-corrected chi connectivity index (χ3v) is 4.67. The van der Waals surface area contributed by atoms with Crippen molar-refractivity contribution in [3.05, 3.63) is 34.6 Å². The summed E-state index contributed by atoms with van der Waals surface area (Å²) in [6.07, 6.45) is 6.09. The van der Waals surface area contributed by atoms with E-state index in [1.165, 1.54) is 12.5 Å². The van der Waals surface area contributed by atoms with Crippen molar-refractivity contribution in [2.24, 2.45) is 0 Å². The molecule has 0 saturated heterocycles. The fourth-order valence-corrected chi connectivity index (χ4v) is 3.31. The highest BCUT2D eigenvalue weighted by Gasteiger charge is 2.32. The zero-order chi connectivity index (χ0) is 14.6. The number of benzene rings is 1. The molecule has 0 bridgehead atoms. The Morgan fingerprint density at radius 1 is 1.35 bits per heavy atom. The first-order valence-electron chi connectivity index (χ1n) is 7.20. The number of hydrogen-bond acceptors (Lipinski definition) is 2. The molecule has 0 amide bonds. The highest BCUT2D eigenvalue weighted by molar-refractivity contribution is 6.31. The quantitative estimate of drug-likeness (QED) is 0.893. The fourth-order valence-electron chi connectivity index (χ4n) is 3.08. The van der Waals surface area contributed by atoms with E-state index in [1.54, 1.807) is 12.1 Å². The molecule has 0 aromatic heterocycles. The fraction of sp³-hybridized carbons (Fsp3) is 0.562. The summed E-state index contributed by atoms with van der Waals surface area (Å²) in [5, 5.41) is 3.65. The van der Waals surface area contributed by atoms with Crippen LogP contribution in [0.5, 0.6) is 0 Å². The summed E-state index contributed by atoms with van der Waals surface area (Å²) in [7, 11) is 1.91. The number of ketones is 1. The molecule has 4 heteroatoms. The number of nitrogens with one attached hydrogen (secondary N) is 1. The highest BCUT2D eigenvalue weighted by Crippen LogP contribution is 2.31. The van der Waals surface area contributed by atoms with Crippen LogP contribution in [0.1, 0.15) is 44.1 Å². The summed E-state index contributed by atoms with van der Waals surface area (Å²) in [6, 6.07) is 4.53. The van der Waals surface area contributed by atoms with Crippen molar-refractivity contribution in [1.82, 2.24) is 5.32 Å². The van der Waals surface area contributed by atoms with Crippen molar-refractivity contribution in [2.75, 3.05) is 7.05 Å². The van der Waals surface area contributed by atoms with E-state index in [4.69, 9.17) is 11.6 Å². The minimum atomic E-state index is -0.395. The molecule has 1 aliphatic rings. The molecule has 0 atom stereocenters. The summed E-state index contributed by atoms with van der Waals surface area (Å²) in [5.74, 6) is -0.346. The van der Waals surface area contributed by atoms with Crippen molar-refractivity contribution in [3.8, 4) is 0 Å². The molecular formula is C16H21ClFNO. The zero-order valence-electron chi connectivity index (χ0n) is 11.8. The molecule has 1 aromatic rings. The van der Waals surface area contributed by atoms with Crippen LogP contribution in [0.15, 0.2) is 18.2 Å². The van der Waals surface area contributed by atoms with Gasteiger partial charge in [-0.2, -0.15) is 0 Å². The number of carbonyl (C=O) groups excluding carboxylic acids is 1. The van der Waals surface area contributed by atoms with Crippen LogP contribution in [0, 0.1) is 5.82 Å². The zero-order valence-corrected chi connectivity index (χ0v) is 12.6. The van der Waals surface area contributed by atoms with E-state index in [0.717, 1.165) is 25.7 Å². The van der Waals surface area contributed by atoms with Gasteiger partial charge in [-0.15, -0.1) is 0 Å². The van der Waals surface area contributed by atoms with E-state index < -0.39 is 5.82 Å². The molecule has 0 radical (unpaired) electrons. The standard InChI is InChI=1S/C16H21ClFNO/c1-19-16(8-3-2-4-9-16)11-12(20)10-13-14(17)6-5-7-15(13)18/h5-7,19H,2-4,8-11H2,1H3. The first kappa shape index (κ1) is 15.5. The summed E-state index contributed by atoms with van der Waals surface area (Å²) in [6.45, 7) is 0. The van der Waals surface area contributed by atoms with E-state index in [2.05, 4.69) is 5.32 Å². The average Bonchev–Trinajstić information content (AvgIpc) is 2.44. The Hall–Kier alpha value is -0.930. The van der Waals surface area contributed by atoms with Gasteiger partial charge in [0.05, 0.1) is 0 Å². The van der Waals surface area contributed by atoms with Gasteiger partial charge >= 0.3 is 0 Å². The molecule has 2 rings (SSSR count). The minimum absolute atomic E-state index is 0.0493. The predicted molar refractivity (Wildman–Crippen MR) is 79.6 cm³/mol. The highest BCUT2D eigenvalue weighted by atomic mass is 35.5. The molecule has 2 nitrogen and oxygen atoms in total. The molecule has 1 aliphatic carbocycles. The van der Waals surface area contributed by atoms with E-state index in [1.807, 2.05) is 7.05 Å². The van der Waals surface area contributed by atoms with Gasteiger partial charge in [0, 0.05) is 29.0 Å². The second kappa shape index (κ2) is 6.68. The molecular weight excluding hydrogens is 277 g/mol. The second-order valence-corrected chi connectivity index (χ2v) is 6.09. The second-order valence-electron chi connectivity index (χ2n) is 5.68. The van der Waals surface area contributed by atoms with Gasteiger partial charge in [-0.1, -0.05) is 36.9 Å². The Morgan fingerprint density at radius 2 is 2.05 bits per heavy atom. The van der Waals surface area contributed by atoms with Gasteiger partial charge in [0.1, 0.15) is 11.6 Å². The Balaban J connectivity index is 2.05. The molecule has 0 aliphatic heterocycles. The van der Waals surface area contributed by atoms with E-state index in [0.29, 0.717) is 17.0 Å². The van der Waals surface area contributed by atoms with Gasteiger partial charge < -0.3 is 5.32 Å². The maximum absolute atomic E-state index is 13.7.